The van der Waals surface area contributed by atoms with Gasteiger partial charge >= 0.3 is 0 Å². The van der Waals surface area contributed by atoms with Crippen LogP contribution >= 0.6 is 0 Å². The average Bonchev–Trinajstić information content (AvgIpc) is 2.95. The Labute approximate surface area is 220 Å². The Kier molecular flexibility index (Phi) is 7.70. The second-order valence-electron chi connectivity index (χ2n) is 9.02. The molecule has 1 fully saturated rings. The summed E-state index contributed by atoms with van der Waals surface area (Å²) < 4.78 is 18.9. The van der Waals surface area contributed by atoms with Crippen LogP contribution in [0.1, 0.15) is 26.4 Å². The highest BCUT2D eigenvalue weighted by atomic mass is 19.1. The highest BCUT2D eigenvalue weighted by Crippen LogP contribution is 2.24. The first-order valence-electron chi connectivity index (χ1n) is 12.4. The molecule has 0 aliphatic carbocycles. The molecule has 0 spiro atoms. The normalized spacial score (nSPS) is 13.7. The molecule has 0 bridgehead atoms. The highest BCUT2D eigenvalue weighted by molar-refractivity contribution is 6.03. The maximum Gasteiger partial charge on any atom is 0.274 e. The summed E-state index contributed by atoms with van der Waals surface area (Å²) in [5.41, 5.74) is 2.26. The van der Waals surface area contributed by atoms with E-state index in [1.165, 1.54) is 18.3 Å². The fourth-order valence-electron chi connectivity index (χ4n) is 4.25. The smallest absolute Gasteiger partial charge is 0.274 e. The van der Waals surface area contributed by atoms with Gasteiger partial charge in [-0.15, -0.1) is 0 Å². The lowest BCUT2D eigenvalue weighted by atomic mass is 10.1. The van der Waals surface area contributed by atoms with E-state index in [1.807, 2.05) is 36.4 Å². The Hall–Kier alpha value is -4.56. The van der Waals surface area contributed by atoms with E-state index in [1.54, 1.807) is 47.4 Å². The number of para-hydroxylation sites is 1. The molecule has 5 rings (SSSR count). The molecule has 3 aromatic carbocycles. The Morgan fingerprint density at radius 3 is 2.29 bits per heavy atom. The summed E-state index contributed by atoms with van der Waals surface area (Å²) >= 11 is 0. The van der Waals surface area contributed by atoms with Crippen LogP contribution in [0.5, 0.6) is 11.5 Å². The minimum Gasteiger partial charge on any atom is -0.457 e. The van der Waals surface area contributed by atoms with Crippen molar-refractivity contribution in [1.29, 1.82) is 0 Å². The van der Waals surface area contributed by atoms with E-state index in [2.05, 4.69) is 15.2 Å². The first kappa shape index (κ1) is 25.1. The molecule has 7 nitrogen and oxygen atoms in total. The van der Waals surface area contributed by atoms with Gasteiger partial charge in [0.15, 0.2) is 0 Å². The number of piperazine rings is 1. The van der Waals surface area contributed by atoms with E-state index in [0.717, 1.165) is 25.2 Å². The number of anilines is 1. The second-order valence-corrected chi connectivity index (χ2v) is 9.02. The molecule has 192 valence electrons. The Bertz CT molecular complexity index is 1390. The summed E-state index contributed by atoms with van der Waals surface area (Å²) in [4.78, 5) is 34.0. The van der Waals surface area contributed by atoms with Crippen molar-refractivity contribution in [1.82, 2.24) is 14.8 Å². The van der Waals surface area contributed by atoms with Gasteiger partial charge in [0.2, 0.25) is 0 Å². The van der Waals surface area contributed by atoms with Crippen molar-refractivity contribution < 1.29 is 18.7 Å². The predicted molar refractivity (Wildman–Crippen MR) is 143 cm³/mol. The predicted octanol–water partition coefficient (Wildman–Crippen LogP) is 5.22. The maximum atomic E-state index is 13.1. The molecule has 2 amide bonds. The second kappa shape index (κ2) is 11.7. The van der Waals surface area contributed by atoms with Crippen molar-refractivity contribution in [2.75, 3.05) is 31.5 Å². The van der Waals surface area contributed by atoms with Gasteiger partial charge in [-0.05, 0) is 54.1 Å². The van der Waals surface area contributed by atoms with Crippen LogP contribution in [0.25, 0.3) is 0 Å². The van der Waals surface area contributed by atoms with Crippen LogP contribution in [-0.2, 0) is 6.54 Å². The number of amides is 2. The fourth-order valence-corrected chi connectivity index (χ4v) is 4.25. The third kappa shape index (κ3) is 6.41. The molecular weight excluding hydrogens is 483 g/mol. The van der Waals surface area contributed by atoms with Gasteiger partial charge in [-0.1, -0.05) is 36.4 Å². The molecule has 1 aliphatic heterocycles. The van der Waals surface area contributed by atoms with Crippen LogP contribution in [0.15, 0.2) is 97.2 Å². The number of hydrogen-bond acceptors (Lipinski definition) is 5. The summed E-state index contributed by atoms with van der Waals surface area (Å²) in [5, 5.41) is 2.82. The SMILES string of the molecule is O=C(Nc1cccc(Oc2ccccc2)c1)c1ccc(C(=O)N2CCN(Cc3ccc(F)cc3)CC2)cn1. The van der Waals surface area contributed by atoms with Gasteiger partial charge in [-0.3, -0.25) is 19.5 Å². The van der Waals surface area contributed by atoms with Gasteiger partial charge in [-0.25, -0.2) is 4.39 Å². The van der Waals surface area contributed by atoms with Crippen molar-refractivity contribution >= 4 is 17.5 Å². The van der Waals surface area contributed by atoms with E-state index < -0.39 is 0 Å². The molecule has 4 aromatic rings. The lowest BCUT2D eigenvalue weighted by Crippen LogP contribution is -2.48. The molecule has 0 unspecified atom stereocenters. The van der Waals surface area contributed by atoms with Crippen LogP contribution in [0, 0.1) is 5.82 Å². The van der Waals surface area contributed by atoms with E-state index in [4.69, 9.17) is 4.74 Å². The number of halogens is 1. The number of nitrogens with one attached hydrogen (secondary N) is 1. The standard InChI is InChI=1S/C30H27FN4O3/c31-24-12-9-22(10-13-24)21-34-15-17-35(18-16-34)30(37)23-11-14-28(32-20-23)29(36)33-25-5-4-8-27(19-25)38-26-6-2-1-3-7-26/h1-14,19-20H,15-18,21H2,(H,33,36). The summed E-state index contributed by atoms with van der Waals surface area (Å²) in [6.45, 7) is 3.34. The number of ether oxygens (including phenoxy) is 1. The molecule has 1 aromatic heterocycles. The quantitative estimate of drug-likeness (QED) is 0.369. The Morgan fingerprint density at radius 1 is 0.842 bits per heavy atom. The van der Waals surface area contributed by atoms with E-state index in [-0.39, 0.29) is 23.3 Å². The van der Waals surface area contributed by atoms with Gasteiger partial charge in [0, 0.05) is 50.7 Å². The van der Waals surface area contributed by atoms with Crippen LogP contribution in [-0.4, -0.2) is 52.8 Å². The molecule has 1 saturated heterocycles. The van der Waals surface area contributed by atoms with Crippen LogP contribution in [0.2, 0.25) is 0 Å². The summed E-state index contributed by atoms with van der Waals surface area (Å²) in [6.07, 6.45) is 1.44. The molecule has 2 heterocycles. The maximum absolute atomic E-state index is 13.1. The van der Waals surface area contributed by atoms with Gasteiger partial charge in [0.1, 0.15) is 23.0 Å². The van der Waals surface area contributed by atoms with Crippen molar-refractivity contribution in [3.63, 3.8) is 0 Å². The number of hydrogen-bond donors (Lipinski definition) is 1. The molecule has 1 N–H and O–H groups in total. The topological polar surface area (TPSA) is 74.8 Å². The van der Waals surface area contributed by atoms with E-state index in [0.29, 0.717) is 35.8 Å². The van der Waals surface area contributed by atoms with Gasteiger partial charge < -0.3 is 15.0 Å². The zero-order valence-corrected chi connectivity index (χ0v) is 20.7. The molecule has 0 radical (unpaired) electrons. The van der Waals surface area contributed by atoms with E-state index >= 15 is 0 Å². The molecule has 1 aliphatic rings. The van der Waals surface area contributed by atoms with Gasteiger partial charge in [0.25, 0.3) is 11.8 Å². The average molecular weight is 511 g/mol. The number of benzene rings is 3. The van der Waals surface area contributed by atoms with Crippen molar-refractivity contribution in [2.45, 2.75) is 6.54 Å². The number of aromatic nitrogens is 1. The molecule has 0 saturated carbocycles. The lowest BCUT2D eigenvalue weighted by Gasteiger charge is -2.34. The number of carbonyl (C=O) groups is 2. The number of pyridine rings is 1. The first-order valence-corrected chi connectivity index (χ1v) is 12.4. The number of rotatable bonds is 7. The molecular formula is C30H27FN4O3. The number of carbonyl (C=O) groups excluding carboxylic acids is 2. The zero-order valence-electron chi connectivity index (χ0n) is 20.7. The fraction of sp³-hybridized carbons (Fsp3) is 0.167. The van der Waals surface area contributed by atoms with Crippen LogP contribution in [0.3, 0.4) is 0 Å². The minimum absolute atomic E-state index is 0.114. The summed E-state index contributed by atoms with van der Waals surface area (Å²) in [6, 6.07) is 26.2. The largest absolute Gasteiger partial charge is 0.457 e. The Morgan fingerprint density at radius 2 is 1.58 bits per heavy atom. The molecule has 8 heteroatoms. The van der Waals surface area contributed by atoms with Gasteiger partial charge in [-0.2, -0.15) is 0 Å². The third-order valence-corrected chi connectivity index (χ3v) is 6.29. The Balaban J connectivity index is 1.14. The van der Waals surface area contributed by atoms with Crippen LogP contribution < -0.4 is 10.1 Å². The molecule has 0 atom stereocenters. The molecule has 38 heavy (non-hydrogen) atoms. The lowest BCUT2D eigenvalue weighted by molar-refractivity contribution is 0.0627. The van der Waals surface area contributed by atoms with Crippen molar-refractivity contribution in [3.05, 3.63) is 120 Å². The summed E-state index contributed by atoms with van der Waals surface area (Å²) in [7, 11) is 0. The third-order valence-electron chi connectivity index (χ3n) is 6.29. The first-order chi connectivity index (χ1) is 18.5. The van der Waals surface area contributed by atoms with Gasteiger partial charge in [0.05, 0.1) is 5.56 Å². The number of nitrogens with zero attached hydrogens (tertiary/aromatic N) is 3. The van der Waals surface area contributed by atoms with E-state index in [9.17, 15) is 14.0 Å². The van der Waals surface area contributed by atoms with Crippen LogP contribution in [0.4, 0.5) is 10.1 Å². The monoisotopic (exact) mass is 510 g/mol. The zero-order chi connectivity index (χ0) is 26.3. The highest BCUT2D eigenvalue weighted by Gasteiger charge is 2.23. The van der Waals surface area contributed by atoms with Crippen molar-refractivity contribution in [3.8, 4) is 11.5 Å². The summed E-state index contributed by atoms with van der Waals surface area (Å²) in [5.74, 6) is 0.559. The minimum atomic E-state index is -0.379. The van der Waals surface area contributed by atoms with Crippen molar-refractivity contribution in [2.24, 2.45) is 0 Å².